The van der Waals surface area contributed by atoms with Crippen molar-refractivity contribution in [3.63, 3.8) is 0 Å². The number of nitrogens with zero attached hydrogens (tertiary/aromatic N) is 3. The number of rotatable bonds is 7. The maximum absolute atomic E-state index is 12.4. The molecule has 0 aliphatic heterocycles. The molecule has 0 aliphatic carbocycles. The molecular weight excluding hydrogens is 474 g/mol. The predicted molar refractivity (Wildman–Crippen MR) is 134 cm³/mol. The molecule has 34 heavy (non-hydrogen) atoms. The number of hydrogen-bond donors (Lipinski definition) is 2. The van der Waals surface area contributed by atoms with Crippen LogP contribution in [0.5, 0.6) is 0 Å². The van der Waals surface area contributed by atoms with E-state index in [4.69, 9.17) is 4.74 Å². The molecule has 11 heteroatoms. The van der Waals surface area contributed by atoms with Gasteiger partial charge in [-0.15, -0.1) is 0 Å². The van der Waals surface area contributed by atoms with Crippen molar-refractivity contribution in [1.82, 2.24) is 20.3 Å². The van der Waals surface area contributed by atoms with Gasteiger partial charge in [0, 0.05) is 30.6 Å². The van der Waals surface area contributed by atoms with Crippen LogP contribution in [0.4, 0.5) is 9.93 Å². The van der Waals surface area contributed by atoms with E-state index in [0.29, 0.717) is 27.0 Å². The van der Waals surface area contributed by atoms with Crippen molar-refractivity contribution >= 4 is 32.4 Å². The summed E-state index contributed by atoms with van der Waals surface area (Å²) >= 11 is 1.38. The Hall–Kier alpha value is -3.05. The summed E-state index contributed by atoms with van der Waals surface area (Å²) < 4.78 is 30.0. The van der Waals surface area contributed by atoms with E-state index in [-0.39, 0.29) is 17.7 Å². The first-order valence-corrected chi connectivity index (χ1v) is 13.4. The second-order valence-corrected chi connectivity index (χ2v) is 12.0. The second kappa shape index (κ2) is 10.1. The summed E-state index contributed by atoms with van der Waals surface area (Å²) in [6.07, 6.45) is 2.19. The lowest BCUT2D eigenvalue weighted by Crippen LogP contribution is -2.32. The van der Waals surface area contributed by atoms with E-state index in [1.54, 1.807) is 33.0 Å². The highest BCUT2D eigenvalue weighted by Crippen LogP contribution is 2.32. The van der Waals surface area contributed by atoms with E-state index in [1.807, 2.05) is 38.1 Å². The highest BCUT2D eigenvalue weighted by molar-refractivity contribution is 7.90. The van der Waals surface area contributed by atoms with E-state index in [2.05, 4.69) is 25.6 Å². The number of hydrogen-bond acceptors (Lipinski definition) is 9. The summed E-state index contributed by atoms with van der Waals surface area (Å²) in [5.41, 5.74) is 1.70. The number of carbonyl (C=O) groups excluding carboxylic acids is 1. The smallest absolute Gasteiger partial charge is 0.407 e. The van der Waals surface area contributed by atoms with Crippen molar-refractivity contribution < 1.29 is 17.9 Å². The largest absolute Gasteiger partial charge is 0.444 e. The Morgan fingerprint density at radius 3 is 2.47 bits per heavy atom. The minimum Gasteiger partial charge on any atom is -0.444 e. The average Bonchev–Trinajstić information content (AvgIpc) is 3.18. The number of anilines is 1. The SMILES string of the molecule is CC(C)Nc1ncc(-c2cc(-c3ccccc3CNC(=O)OC(C)(C)C)nc(S(C)(=O)=O)n2)s1. The number of ether oxygens (including phenoxy) is 1. The number of alkyl carbamates (subject to hydrolysis) is 1. The quantitative estimate of drug-likeness (QED) is 0.451. The molecule has 1 aromatic carbocycles. The van der Waals surface area contributed by atoms with Crippen molar-refractivity contribution in [2.75, 3.05) is 11.6 Å². The first-order valence-electron chi connectivity index (χ1n) is 10.7. The molecule has 2 heterocycles. The van der Waals surface area contributed by atoms with E-state index in [0.717, 1.165) is 11.8 Å². The molecule has 182 valence electrons. The van der Waals surface area contributed by atoms with E-state index in [9.17, 15) is 13.2 Å². The molecular formula is C23H29N5O4S2. The molecule has 0 radical (unpaired) electrons. The summed E-state index contributed by atoms with van der Waals surface area (Å²) in [5.74, 6) is 0. The van der Waals surface area contributed by atoms with Crippen LogP contribution in [0.3, 0.4) is 0 Å². The molecule has 1 amide bonds. The average molecular weight is 504 g/mol. The maximum atomic E-state index is 12.4. The minimum absolute atomic E-state index is 0.182. The second-order valence-electron chi connectivity index (χ2n) is 9.03. The van der Waals surface area contributed by atoms with Crippen LogP contribution in [0, 0.1) is 0 Å². The van der Waals surface area contributed by atoms with Crippen LogP contribution in [0.1, 0.15) is 40.2 Å². The van der Waals surface area contributed by atoms with Gasteiger partial charge in [0.1, 0.15) is 5.60 Å². The molecule has 0 saturated heterocycles. The monoisotopic (exact) mass is 503 g/mol. The van der Waals surface area contributed by atoms with Gasteiger partial charge in [-0.1, -0.05) is 35.6 Å². The molecule has 0 atom stereocenters. The summed E-state index contributed by atoms with van der Waals surface area (Å²) in [5, 5.41) is 6.41. The fourth-order valence-corrected chi connectivity index (χ4v) is 4.42. The molecule has 3 rings (SSSR count). The molecule has 2 aromatic heterocycles. The highest BCUT2D eigenvalue weighted by atomic mass is 32.2. The van der Waals surface area contributed by atoms with Gasteiger partial charge in [-0.25, -0.2) is 28.2 Å². The van der Waals surface area contributed by atoms with Crippen LogP contribution in [-0.4, -0.2) is 47.4 Å². The zero-order chi connectivity index (χ0) is 25.1. The summed E-state index contributed by atoms with van der Waals surface area (Å²) in [6, 6.07) is 9.26. The highest BCUT2D eigenvalue weighted by Gasteiger charge is 2.20. The molecule has 0 bridgehead atoms. The summed E-state index contributed by atoms with van der Waals surface area (Å²) in [7, 11) is -3.68. The molecule has 0 spiro atoms. The maximum Gasteiger partial charge on any atom is 0.407 e. The van der Waals surface area contributed by atoms with Crippen LogP contribution in [0.15, 0.2) is 41.7 Å². The van der Waals surface area contributed by atoms with Crippen LogP contribution in [-0.2, 0) is 21.1 Å². The van der Waals surface area contributed by atoms with Gasteiger partial charge in [-0.3, -0.25) is 0 Å². The van der Waals surface area contributed by atoms with E-state index in [1.165, 1.54) is 11.3 Å². The zero-order valence-electron chi connectivity index (χ0n) is 20.0. The molecule has 0 aliphatic rings. The summed E-state index contributed by atoms with van der Waals surface area (Å²) in [4.78, 5) is 25.8. The normalized spacial score (nSPS) is 12.0. The Labute approximate surface area is 203 Å². The Morgan fingerprint density at radius 1 is 1.15 bits per heavy atom. The van der Waals surface area contributed by atoms with Crippen molar-refractivity contribution in [2.45, 2.75) is 58.0 Å². The number of thiazole rings is 1. The van der Waals surface area contributed by atoms with Crippen LogP contribution < -0.4 is 10.6 Å². The number of carbonyl (C=O) groups is 1. The first-order chi connectivity index (χ1) is 15.8. The van der Waals surface area contributed by atoms with Gasteiger partial charge in [-0.2, -0.15) is 0 Å². The molecule has 0 saturated carbocycles. The number of sulfone groups is 1. The molecule has 9 nitrogen and oxygen atoms in total. The van der Waals surface area contributed by atoms with Crippen molar-refractivity contribution in [2.24, 2.45) is 0 Å². The number of amides is 1. The van der Waals surface area contributed by atoms with Crippen LogP contribution >= 0.6 is 11.3 Å². The molecule has 3 aromatic rings. The van der Waals surface area contributed by atoms with Crippen molar-refractivity contribution in [3.05, 3.63) is 42.1 Å². The fraction of sp³-hybridized carbons (Fsp3) is 0.391. The minimum atomic E-state index is -3.68. The van der Waals surface area contributed by atoms with Gasteiger partial charge in [0.15, 0.2) is 5.13 Å². The van der Waals surface area contributed by atoms with Crippen LogP contribution in [0.25, 0.3) is 21.8 Å². The lowest BCUT2D eigenvalue weighted by Gasteiger charge is -2.20. The third-order valence-electron chi connectivity index (χ3n) is 4.32. The number of aromatic nitrogens is 3. The Bertz CT molecular complexity index is 1280. The number of nitrogens with one attached hydrogen (secondary N) is 2. The molecule has 0 unspecified atom stereocenters. The number of benzene rings is 1. The standard InChI is InChI=1S/C23H29N5O4S2/c1-14(2)26-20-24-13-19(33-20)18-11-17(27-21(28-18)34(6,30)31)16-10-8-7-9-15(16)12-25-22(29)32-23(3,4)5/h7-11,13-14H,12H2,1-6H3,(H,24,26)(H,25,29). The summed E-state index contributed by atoms with van der Waals surface area (Å²) in [6.45, 7) is 9.56. The lowest BCUT2D eigenvalue weighted by atomic mass is 10.0. The third kappa shape index (κ3) is 6.97. The van der Waals surface area contributed by atoms with Gasteiger partial charge < -0.3 is 15.4 Å². The molecule has 2 N–H and O–H groups in total. The first kappa shape index (κ1) is 25.6. The van der Waals surface area contributed by atoms with Gasteiger partial charge in [0.2, 0.25) is 15.0 Å². The lowest BCUT2D eigenvalue weighted by molar-refractivity contribution is 0.0523. The van der Waals surface area contributed by atoms with E-state index < -0.39 is 21.5 Å². The van der Waals surface area contributed by atoms with Gasteiger partial charge >= 0.3 is 6.09 Å². The van der Waals surface area contributed by atoms with Gasteiger partial charge in [0.25, 0.3) is 0 Å². The fourth-order valence-electron chi connectivity index (χ4n) is 2.97. The van der Waals surface area contributed by atoms with Gasteiger partial charge in [-0.05, 0) is 46.2 Å². The van der Waals surface area contributed by atoms with Crippen molar-refractivity contribution in [3.8, 4) is 21.8 Å². The zero-order valence-corrected chi connectivity index (χ0v) is 21.7. The Morgan fingerprint density at radius 2 is 1.82 bits per heavy atom. The Balaban J connectivity index is 2.01. The molecule has 0 fully saturated rings. The predicted octanol–water partition coefficient (Wildman–Crippen LogP) is 4.52. The van der Waals surface area contributed by atoms with Gasteiger partial charge in [0.05, 0.1) is 16.3 Å². The van der Waals surface area contributed by atoms with E-state index >= 15 is 0 Å². The Kier molecular flexibility index (Phi) is 7.57. The third-order valence-corrected chi connectivity index (χ3v) is 6.12. The van der Waals surface area contributed by atoms with Crippen molar-refractivity contribution in [1.29, 1.82) is 0 Å². The van der Waals surface area contributed by atoms with Crippen LogP contribution in [0.2, 0.25) is 0 Å². The topological polar surface area (TPSA) is 123 Å².